The summed E-state index contributed by atoms with van der Waals surface area (Å²) in [6.07, 6.45) is 2.84. The van der Waals surface area contributed by atoms with Crippen molar-refractivity contribution in [3.63, 3.8) is 0 Å². The van der Waals surface area contributed by atoms with Crippen LogP contribution < -0.4 is 11.0 Å². The Balaban J connectivity index is 2.65. The van der Waals surface area contributed by atoms with Gasteiger partial charge in [0.15, 0.2) is 5.16 Å². The molecule has 0 radical (unpaired) electrons. The molecule has 1 heterocycles. The highest BCUT2D eigenvalue weighted by Crippen LogP contribution is 2.20. The zero-order valence-corrected chi connectivity index (χ0v) is 12.5. The van der Waals surface area contributed by atoms with Gasteiger partial charge >= 0.3 is 5.69 Å². The standard InChI is InChI=1S/C12H22N4O2S/c1-4-6-8-16-11(18)14-15-12(16)19-9(3)10(17)13-7-5-2/h9H,4-8H2,1-3H3,(H,13,17)(H,14,18). The Morgan fingerprint density at radius 1 is 1.47 bits per heavy atom. The van der Waals surface area contributed by atoms with Gasteiger partial charge in [-0.05, 0) is 19.8 Å². The molecule has 19 heavy (non-hydrogen) atoms. The van der Waals surface area contributed by atoms with Crippen LogP contribution in [0.2, 0.25) is 0 Å². The zero-order chi connectivity index (χ0) is 14.3. The average Bonchev–Trinajstić information content (AvgIpc) is 2.74. The van der Waals surface area contributed by atoms with E-state index in [-0.39, 0.29) is 16.8 Å². The van der Waals surface area contributed by atoms with E-state index >= 15 is 0 Å². The summed E-state index contributed by atoms with van der Waals surface area (Å²) in [7, 11) is 0. The van der Waals surface area contributed by atoms with E-state index in [1.807, 2.05) is 13.8 Å². The maximum absolute atomic E-state index is 11.8. The van der Waals surface area contributed by atoms with Crippen LogP contribution >= 0.6 is 11.8 Å². The van der Waals surface area contributed by atoms with Crippen LogP contribution in [0.4, 0.5) is 0 Å². The summed E-state index contributed by atoms with van der Waals surface area (Å²) in [5.41, 5.74) is -0.211. The number of thioether (sulfide) groups is 1. The molecule has 0 saturated carbocycles. The molecular formula is C12H22N4O2S. The van der Waals surface area contributed by atoms with E-state index in [0.717, 1.165) is 19.3 Å². The Bertz CT molecular complexity index is 455. The Labute approximate surface area is 117 Å². The lowest BCUT2D eigenvalue weighted by atomic mass is 10.3. The van der Waals surface area contributed by atoms with Gasteiger partial charge in [-0.1, -0.05) is 32.0 Å². The molecular weight excluding hydrogens is 264 g/mol. The molecule has 1 amide bonds. The van der Waals surface area contributed by atoms with E-state index < -0.39 is 0 Å². The van der Waals surface area contributed by atoms with E-state index in [9.17, 15) is 9.59 Å². The van der Waals surface area contributed by atoms with Crippen LogP contribution in [-0.4, -0.2) is 32.5 Å². The number of H-pyrrole nitrogens is 1. The van der Waals surface area contributed by atoms with Crippen molar-refractivity contribution < 1.29 is 4.79 Å². The van der Waals surface area contributed by atoms with Crippen molar-refractivity contribution in [2.45, 2.75) is 57.0 Å². The van der Waals surface area contributed by atoms with Crippen LogP contribution in [0.25, 0.3) is 0 Å². The molecule has 7 heteroatoms. The molecule has 0 aromatic carbocycles. The van der Waals surface area contributed by atoms with Gasteiger partial charge in [-0.3, -0.25) is 9.36 Å². The lowest BCUT2D eigenvalue weighted by Crippen LogP contribution is -2.31. The van der Waals surface area contributed by atoms with Gasteiger partial charge in [0.2, 0.25) is 5.91 Å². The fourth-order valence-corrected chi connectivity index (χ4v) is 2.42. The van der Waals surface area contributed by atoms with Crippen molar-refractivity contribution in [3.05, 3.63) is 10.5 Å². The van der Waals surface area contributed by atoms with Crippen LogP contribution in [0, 0.1) is 0 Å². The number of carbonyl (C=O) groups excluding carboxylic acids is 1. The minimum Gasteiger partial charge on any atom is -0.355 e. The summed E-state index contributed by atoms with van der Waals surface area (Å²) >= 11 is 1.31. The van der Waals surface area contributed by atoms with Crippen LogP contribution in [-0.2, 0) is 11.3 Å². The second-order valence-electron chi connectivity index (χ2n) is 4.37. The first kappa shape index (κ1) is 15.8. The van der Waals surface area contributed by atoms with Crippen molar-refractivity contribution >= 4 is 17.7 Å². The van der Waals surface area contributed by atoms with Gasteiger partial charge in [0.25, 0.3) is 0 Å². The Kier molecular flexibility index (Phi) is 6.69. The van der Waals surface area contributed by atoms with Gasteiger partial charge < -0.3 is 5.32 Å². The van der Waals surface area contributed by atoms with Crippen LogP contribution in [0.3, 0.4) is 0 Å². The molecule has 0 spiro atoms. The molecule has 0 aliphatic heterocycles. The van der Waals surface area contributed by atoms with E-state index in [1.165, 1.54) is 11.8 Å². The molecule has 1 aromatic rings. The fraction of sp³-hybridized carbons (Fsp3) is 0.750. The fourth-order valence-electron chi connectivity index (χ4n) is 1.51. The number of amides is 1. The number of nitrogens with one attached hydrogen (secondary N) is 2. The first-order valence-corrected chi connectivity index (χ1v) is 7.57. The summed E-state index contributed by atoms with van der Waals surface area (Å²) in [6.45, 7) is 7.20. The predicted molar refractivity (Wildman–Crippen MR) is 76.4 cm³/mol. The lowest BCUT2D eigenvalue weighted by molar-refractivity contribution is -0.120. The molecule has 1 aromatic heterocycles. The number of carbonyl (C=O) groups is 1. The minimum absolute atomic E-state index is 0.0238. The Morgan fingerprint density at radius 2 is 2.21 bits per heavy atom. The Hall–Kier alpha value is -1.24. The van der Waals surface area contributed by atoms with Crippen molar-refractivity contribution in [3.8, 4) is 0 Å². The van der Waals surface area contributed by atoms with Gasteiger partial charge in [-0.25, -0.2) is 9.89 Å². The number of aromatic nitrogens is 3. The van der Waals surface area contributed by atoms with Crippen molar-refractivity contribution in [2.24, 2.45) is 0 Å². The molecule has 108 valence electrons. The van der Waals surface area contributed by atoms with Gasteiger partial charge in [-0.15, -0.1) is 5.10 Å². The summed E-state index contributed by atoms with van der Waals surface area (Å²) in [5, 5.41) is 9.57. The van der Waals surface area contributed by atoms with E-state index in [0.29, 0.717) is 18.2 Å². The monoisotopic (exact) mass is 286 g/mol. The molecule has 2 N–H and O–H groups in total. The SMILES string of the molecule is CCCCn1c(SC(C)C(=O)NCCC)n[nH]c1=O. The molecule has 1 unspecified atom stereocenters. The molecule has 0 aliphatic carbocycles. The third kappa shape index (κ3) is 4.74. The third-order valence-electron chi connectivity index (χ3n) is 2.66. The van der Waals surface area contributed by atoms with Crippen molar-refractivity contribution in [1.29, 1.82) is 0 Å². The molecule has 0 aliphatic rings. The molecule has 1 atom stereocenters. The van der Waals surface area contributed by atoms with Gasteiger partial charge in [0.1, 0.15) is 0 Å². The van der Waals surface area contributed by atoms with Crippen molar-refractivity contribution in [1.82, 2.24) is 20.1 Å². The lowest BCUT2D eigenvalue weighted by Gasteiger charge is -2.11. The summed E-state index contributed by atoms with van der Waals surface area (Å²) < 4.78 is 1.60. The number of hydrogen-bond acceptors (Lipinski definition) is 4. The minimum atomic E-state index is -0.262. The zero-order valence-electron chi connectivity index (χ0n) is 11.7. The van der Waals surface area contributed by atoms with E-state index in [1.54, 1.807) is 4.57 Å². The smallest absolute Gasteiger partial charge is 0.343 e. The molecule has 0 bridgehead atoms. The highest BCUT2D eigenvalue weighted by molar-refractivity contribution is 8.00. The van der Waals surface area contributed by atoms with Crippen LogP contribution in [0.15, 0.2) is 9.95 Å². The van der Waals surface area contributed by atoms with Crippen LogP contribution in [0.5, 0.6) is 0 Å². The van der Waals surface area contributed by atoms with Gasteiger partial charge in [0.05, 0.1) is 5.25 Å². The summed E-state index contributed by atoms with van der Waals surface area (Å²) in [5.74, 6) is -0.0238. The van der Waals surface area contributed by atoms with Gasteiger partial charge in [0, 0.05) is 13.1 Å². The molecule has 0 saturated heterocycles. The molecule has 1 rings (SSSR count). The highest BCUT2D eigenvalue weighted by atomic mass is 32.2. The normalized spacial score (nSPS) is 12.4. The highest BCUT2D eigenvalue weighted by Gasteiger charge is 2.18. The number of nitrogens with zero attached hydrogens (tertiary/aromatic N) is 2. The molecule has 6 nitrogen and oxygen atoms in total. The van der Waals surface area contributed by atoms with Crippen molar-refractivity contribution in [2.75, 3.05) is 6.54 Å². The quantitative estimate of drug-likeness (QED) is 0.708. The second-order valence-corrected chi connectivity index (χ2v) is 5.68. The predicted octanol–water partition coefficient (Wildman–Crippen LogP) is 1.38. The number of aromatic amines is 1. The largest absolute Gasteiger partial charge is 0.355 e. The Morgan fingerprint density at radius 3 is 2.84 bits per heavy atom. The first-order valence-electron chi connectivity index (χ1n) is 6.69. The van der Waals surface area contributed by atoms with E-state index in [2.05, 4.69) is 22.4 Å². The number of hydrogen-bond donors (Lipinski definition) is 2. The summed E-state index contributed by atoms with van der Waals surface area (Å²) in [6, 6.07) is 0. The maximum atomic E-state index is 11.8. The second kappa shape index (κ2) is 8.04. The topological polar surface area (TPSA) is 79.8 Å². The van der Waals surface area contributed by atoms with Gasteiger partial charge in [-0.2, -0.15) is 0 Å². The third-order valence-corrected chi connectivity index (χ3v) is 3.75. The summed E-state index contributed by atoms with van der Waals surface area (Å²) in [4.78, 5) is 23.4. The maximum Gasteiger partial charge on any atom is 0.343 e. The van der Waals surface area contributed by atoms with Crippen LogP contribution in [0.1, 0.15) is 40.0 Å². The average molecular weight is 286 g/mol. The first-order chi connectivity index (χ1) is 9.10. The molecule has 0 fully saturated rings. The van der Waals surface area contributed by atoms with E-state index in [4.69, 9.17) is 0 Å². The number of unbranched alkanes of at least 4 members (excludes halogenated alkanes) is 1. The number of rotatable bonds is 8.